The molecule has 4 nitrogen and oxygen atoms in total. The zero-order valence-electron chi connectivity index (χ0n) is 13.0. The summed E-state index contributed by atoms with van der Waals surface area (Å²) in [5.74, 6) is -0.370. The van der Waals surface area contributed by atoms with Gasteiger partial charge in [-0.3, -0.25) is 4.79 Å². The van der Waals surface area contributed by atoms with E-state index in [0.29, 0.717) is 16.2 Å². The molecule has 3 aromatic rings. The van der Waals surface area contributed by atoms with Crippen LogP contribution < -0.4 is 5.63 Å². The van der Waals surface area contributed by atoms with Gasteiger partial charge in [-0.1, -0.05) is 35.9 Å². The first-order valence-electron chi connectivity index (χ1n) is 7.45. The highest BCUT2D eigenvalue weighted by Crippen LogP contribution is 2.19. The van der Waals surface area contributed by atoms with Crippen LogP contribution in [0.25, 0.3) is 11.0 Å². The Balaban J connectivity index is 1.74. The van der Waals surface area contributed by atoms with E-state index in [0.717, 1.165) is 16.5 Å². The van der Waals surface area contributed by atoms with Crippen molar-refractivity contribution in [2.75, 3.05) is 0 Å². The van der Waals surface area contributed by atoms with Crippen molar-refractivity contribution >= 4 is 28.5 Å². The number of benzene rings is 2. The molecule has 5 heteroatoms. The molecule has 1 aromatic heterocycles. The highest BCUT2D eigenvalue weighted by atomic mass is 35.5. The van der Waals surface area contributed by atoms with Crippen LogP contribution in [0.4, 0.5) is 0 Å². The maximum absolute atomic E-state index is 12.0. The SMILES string of the molecule is Cc1ccc2c(COC(=O)Cc3ccc(Cl)cc3)cc(=O)oc2c1. The molecule has 3 rings (SSSR count). The lowest BCUT2D eigenvalue weighted by molar-refractivity contribution is -0.144. The van der Waals surface area contributed by atoms with Gasteiger partial charge in [0.1, 0.15) is 12.2 Å². The van der Waals surface area contributed by atoms with Crippen molar-refractivity contribution in [3.05, 3.63) is 80.7 Å². The second kappa shape index (κ2) is 6.89. The summed E-state index contributed by atoms with van der Waals surface area (Å²) in [5.41, 5.74) is 2.47. The molecule has 0 amide bonds. The Morgan fingerprint density at radius 1 is 1.12 bits per heavy atom. The largest absolute Gasteiger partial charge is 0.461 e. The Morgan fingerprint density at radius 2 is 1.88 bits per heavy atom. The third-order valence-corrected chi connectivity index (χ3v) is 3.89. The first-order chi connectivity index (χ1) is 11.5. The maximum Gasteiger partial charge on any atom is 0.336 e. The summed E-state index contributed by atoms with van der Waals surface area (Å²) in [7, 11) is 0. The standard InChI is InChI=1S/C19H15ClO4/c1-12-2-7-16-14(10-19(22)24-17(16)8-12)11-23-18(21)9-13-3-5-15(20)6-4-13/h2-8,10H,9,11H2,1H3. The van der Waals surface area contributed by atoms with Crippen LogP contribution in [-0.2, 0) is 22.6 Å². The predicted molar refractivity (Wildman–Crippen MR) is 92.2 cm³/mol. The van der Waals surface area contributed by atoms with Crippen LogP contribution in [0, 0.1) is 6.92 Å². The van der Waals surface area contributed by atoms with Gasteiger partial charge in [-0.05, 0) is 36.2 Å². The first-order valence-corrected chi connectivity index (χ1v) is 7.82. The molecule has 0 atom stereocenters. The number of hydrogen-bond acceptors (Lipinski definition) is 4. The van der Waals surface area contributed by atoms with E-state index in [1.54, 1.807) is 30.3 Å². The maximum atomic E-state index is 12.0. The molecular formula is C19H15ClO4. The molecule has 0 aliphatic carbocycles. The Morgan fingerprint density at radius 3 is 2.62 bits per heavy atom. The highest BCUT2D eigenvalue weighted by molar-refractivity contribution is 6.30. The zero-order chi connectivity index (χ0) is 17.1. The third kappa shape index (κ3) is 3.84. The lowest BCUT2D eigenvalue weighted by Crippen LogP contribution is -2.10. The van der Waals surface area contributed by atoms with Gasteiger partial charge < -0.3 is 9.15 Å². The van der Waals surface area contributed by atoms with Gasteiger partial charge in [0.25, 0.3) is 0 Å². The topological polar surface area (TPSA) is 56.5 Å². The number of esters is 1. The third-order valence-electron chi connectivity index (χ3n) is 3.64. The fourth-order valence-corrected chi connectivity index (χ4v) is 2.56. The van der Waals surface area contributed by atoms with Gasteiger partial charge in [0.2, 0.25) is 0 Å². The van der Waals surface area contributed by atoms with E-state index in [4.69, 9.17) is 20.8 Å². The average Bonchev–Trinajstić information content (AvgIpc) is 2.54. The van der Waals surface area contributed by atoms with Crippen molar-refractivity contribution in [2.45, 2.75) is 20.0 Å². The Labute approximate surface area is 143 Å². The Kier molecular flexibility index (Phi) is 4.67. The van der Waals surface area contributed by atoms with Crippen molar-refractivity contribution in [3.8, 4) is 0 Å². The zero-order valence-corrected chi connectivity index (χ0v) is 13.8. The number of carbonyl (C=O) groups is 1. The van der Waals surface area contributed by atoms with Gasteiger partial charge in [0.15, 0.2) is 0 Å². The minimum atomic E-state index is -0.461. The van der Waals surface area contributed by atoms with Gasteiger partial charge in [-0.15, -0.1) is 0 Å². The monoisotopic (exact) mass is 342 g/mol. The van der Waals surface area contributed by atoms with E-state index in [-0.39, 0.29) is 19.0 Å². The van der Waals surface area contributed by atoms with Crippen molar-refractivity contribution < 1.29 is 13.9 Å². The van der Waals surface area contributed by atoms with Crippen molar-refractivity contribution in [3.63, 3.8) is 0 Å². The van der Waals surface area contributed by atoms with Crippen molar-refractivity contribution in [2.24, 2.45) is 0 Å². The summed E-state index contributed by atoms with van der Waals surface area (Å²) in [6.07, 6.45) is 0.148. The summed E-state index contributed by atoms with van der Waals surface area (Å²) < 4.78 is 10.5. The molecule has 2 aromatic carbocycles. The molecule has 0 aliphatic heterocycles. The molecule has 0 saturated heterocycles. The lowest BCUT2D eigenvalue weighted by Gasteiger charge is -2.08. The van der Waals surface area contributed by atoms with E-state index < -0.39 is 5.63 Å². The van der Waals surface area contributed by atoms with Crippen LogP contribution in [-0.4, -0.2) is 5.97 Å². The fourth-order valence-electron chi connectivity index (χ4n) is 2.43. The molecule has 0 spiro atoms. The summed E-state index contributed by atoms with van der Waals surface area (Å²) in [4.78, 5) is 23.7. The van der Waals surface area contributed by atoms with Crippen molar-refractivity contribution in [1.29, 1.82) is 0 Å². The Hall–Kier alpha value is -2.59. The number of ether oxygens (including phenoxy) is 1. The van der Waals surface area contributed by atoms with Gasteiger partial charge in [0, 0.05) is 22.0 Å². The van der Waals surface area contributed by atoms with Crippen LogP contribution >= 0.6 is 11.6 Å². The number of aryl methyl sites for hydroxylation is 1. The average molecular weight is 343 g/mol. The van der Waals surface area contributed by atoms with Gasteiger partial charge >= 0.3 is 11.6 Å². The molecule has 0 fully saturated rings. The van der Waals surface area contributed by atoms with E-state index in [9.17, 15) is 9.59 Å². The minimum absolute atomic E-state index is 0.0254. The normalized spacial score (nSPS) is 10.8. The van der Waals surface area contributed by atoms with Gasteiger partial charge in [-0.25, -0.2) is 4.79 Å². The summed E-state index contributed by atoms with van der Waals surface area (Å²) >= 11 is 5.82. The number of carbonyl (C=O) groups excluding carboxylic acids is 1. The highest BCUT2D eigenvalue weighted by Gasteiger charge is 2.10. The summed E-state index contributed by atoms with van der Waals surface area (Å²) in [6.45, 7) is 1.94. The molecule has 0 unspecified atom stereocenters. The smallest absolute Gasteiger partial charge is 0.336 e. The van der Waals surface area contributed by atoms with Gasteiger partial charge in [0.05, 0.1) is 6.42 Å². The van der Waals surface area contributed by atoms with Crippen LogP contribution in [0.1, 0.15) is 16.7 Å². The fraction of sp³-hybridized carbons (Fsp3) is 0.158. The van der Waals surface area contributed by atoms with Crippen molar-refractivity contribution in [1.82, 2.24) is 0 Å². The molecule has 0 bridgehead atoms. The second-order valence-electron chi connectivity index (χ2n) is 5.55. The summed E-state index contributed by atoms with van der Waals surface area (Å²) in [5, 5.41) is 1.38. The van der Waals surface area contributed by atoms with E-state index in [1.165, 1.54) is 6.07 Å². The molecule has 0 N–H and O–H groups in total. The lowest BCUT2D eigenvalue weighted by atomic mass is 10.1. The quantitative estimate of drug-likeness (QED) is 0.530. The minimum Gasteiger partial charge on any atom is -0.461 e. The summed E-state index contributed by atoms with van der Waals surface area (Å²) in [6, 6.07) is 13.9. The molecule has 0 radical (unpaired) electrons. The molecular weight excluding hydrogens is 328 g/mol. The second-order valence-corrected chi connectivity index (χ2v) is 5.99. The molecule has 0 aliphatic rings. The van der Waals surface area contributed by atoms with E-state index in [1.807, 2.05) is 19.1 Å². The number of halogens is 1. The molecule has 122 valence electrons. The van der Waals surface area contributed by atoms with Gasteiger partial charge in [-0.2, -0.15) is 0 Å². The predicted octanol–water partition coefficient (Wildman–Crippen LogP) is 4.04. The van der Waals surface area contributed by atoms with Crippen LogP contribution in [0.15, 0.2) is 57.7 Å². The van der Waals surface area contributed by atoms with Crippen LogP contribution in [0.5, 0.6) is 0 Å². The van der Waals surface area contributed by atoms with Crippen LogP contribution in [0.2, 0.25) is 5.02 Å². The van der Waals surface area contributed by atoms with E-state index >= 15 is 0 Å². The first kappa shape index (κ1) is 16.3. The number of rotatable bonds is 4. The number of hydrogen-bond donors (Lipinski definition) is 0. The molecule has 24 heavy (non-hydrogen) atoms. The number of fused-ring (bicyclic) bond motifs is 1. The van der Waals surface area contributed by atoms with E-state index in [2.05, 4.69) is 0 Å². The Bertz CT molecular complexity index is 942. The molecule has 0 saturated carbocycles. The molecule has 1 heterocycles. The van der Waals surface area contributed by atoms with Crippen LogP contribution in [0.3, 0.4) is 0 Å².